The summed E-state index contributed by atoms with van der Waals surface area (Å²) in [6.45, 7) is 1.31. The minimum Gasteiger partial charge on any atom is -0.462 e. The maximum Gasteiger partial charge on any atom is 0.338 e. The van der Waals surface area contributed by atoms with E-state index in [0.29, 0.717) is 5.69 Å². The fourth-order valence-corrected chi connectivity index (χ4v) is 4.88. The molecule has 3 aromatic carbocycles. The number of carbonyl (C=O) groups is 2. The van der Waals surface area contributed by atoms with Gasteiger partial charge in [0.1, 0.15) is 6.54 Å². The van der Waals surface area contributed by atoms with E-state index in [1.54, 1.807) is 43.3 Å². The molecule has 1 N–H and O–H groups in total. The number of sulfonamides is 1. The lowest BCUT2D eigenvalue weighted by molar-refractivity contribution is -0.114. The Morgan fingerprint density at radius 3 is 2.36 bits per heavy atom. The van der Waals surface area contributed by atoms with Crippen molar-refractivity contribution in [3.8, 4) is 0 Å². The highest BCUT2D eigenvalue weighted by Crippen LogP contribution is 2.35. The molecule has 0 fully saturated rings. The fraction of sp³-hybridized carbons (Fsp3) is 0.130. The molecule has 10 heteroatoms. The number of carbonyl (C=O) groups excluding carboxylic acids is 2. The molecule has 0 radical (unpaired) electrons. The number of ether oxygens (including phenoxy) is 1. The topological polar surface area (TPSA) is 92.8 Å². The van der Waals surface area contributed by atoms with Gasteiger partial charge in [-0.25, -0.2) is 13.2 Å². The van der Waals surface area contributed by atoms with Gasteiger partial charge in [-0.15, -0.1) is 0 Å². The number of hydrogen-bond acceptors (Lipinski definition) is 5. The van der Waals surface area contributed by atoms with Crippen molar-refractivity contribution in [2.45, 2.75) is 11.8 Å². The summed E-state index contributed by atoms with van der Waals surface area (Å²) in [7, 11) is -4.15. The van der Waals surface area contributed by atoms with Crippen LogP contribution in [0.15, 0.2) is 77.7 Å². The first-order chi connectivity index (χ1) is 15.7. The molecular formula is C23H20Cl2N2O5S. The second kappa shape index (κ2) is 10.7. The monoisotopic (exact) mass is 506 g/mol. The Bertz CT molecular complexity index is 1270. The van der Waals surface area contributed by atoms with E-state index in [4.69, 9.17) is 27.9 Å². The van der Waals surface area contributed by atoms with Crippen molar-refractivity contribution in [2.24, 2.45) is 0 Å². The van der Waals surface area contributed by atoms with E-state index in [9.17, 15) is 18.0 Å². The van der Waals surface area contributed by atoms with Crippen LogP contribution < -0.4 is 9.62 Å². The van der Waals surface area contributed by atoms with Crippen molar-refractivity contribution in [3.05, 3.63) is 88.4 Å². The molecule has 0 aromatic heterocycles. The van der Waals surface area contributed by atoms with Crippen molar-refractivity contribution in [1.82, 2.24) is 0 Å². The van der Waals surface area contributed by atoms with Crippen LogP contribution in [0.4, 0.5) is 11.4 Å². The predicted molar refractivity (Wildman–Crippen MR) is 128 cm³/mol. The van der Waals surface area contributed by atoms with Gasteiger partial charge >= 0.3 is 5.97 Å². The normalized spacial score (nSPS) is 11.0. The van der Waals surface area contributed by atoms with E-state index in [-0.39, 0.29) is 32.8 Å². The molecule has 1 amide bonds. The Morgan fingerprint density at radius 1 is 0.970 bits per heavy atom. The van der Waals surface area contributed by atoms with Gasteiger partial charge in [-0.2, -0.15) is 0 Å². The Balaban J connectivity index is 1.93. The Labute approximate surface area is 201 Å². The molecule has 7 nitrogen and oxygen atoms in total. The number of esters is 1. The smallest absolute Gasteiger partial charge is 0.338 e. The molecule has 0 aliphatic heterocycles. The van der Waals surface area contributed by atoms with Gasteiger partial charge in [0, 0.05) is 5.69 Å². The largest absolute Gasteiger partial charge is 0.462 e. The van der Waals surface area contributed by atoms with Crippen LogP contribution in [0.25, 0.3) is 0 Å². The SMILES string of the molecule is CCOC(=O)c1cccc(NC(=O)CN(c2cccc(Cl)c2Cl)S(=O)(=O)c2ccccc2)c1. The Kier molecular flexibility index (Phi) is 7.97. The third-order valence-electron chi connectivity index (χ3n) is 4.48. The van der Waals surface area contributed by atoms with Crippen LogP contribution in [0.1, 0.15) is 17.3 Å². The first-order valence-electron chi connectivity index (χ1n) is 9.83. The van der Waals surface area contributed by atoms with E-state index >= 15 is 0 Å². The van der Waals surface area contributed by atoms with Crippen LogP contribution >= 0.6 is 23.2 Å². The molecule has 3 aromatic rings. The maximum atomic E-state index is 13.4. The van der Waals surface area contributed by atoms with E-state index in [0.717, 1.165) is 4.31 Å². The molecule has 0 atom stereocenters. The fourth-order valence-electron chi connectivity index (χ4n) is 2.97. The summed E-state index contributed by atoms with van der Waals surface area (Å²) in [5.74, 6) is -1.18. The average Bonchev–Trinajstić information content (AvgIpc) is 2.80. The minimum absolute atomic E-state index is 0.00391. The van der Waals surface area contributed by atoms with Gasteiger partial charge in [0.25, 0.3) is 10.0 Å². The van der Waals surface area contributed by atoms with Crippen LogP contribution in [-0.4, -0.2) is 33.4 Å². The molecule has 0 spiro atoms. The summed E-state index contributed by atoms with van der Waals surface area (Å²) in [5, 5.41) is 2.75. The number of hydrogen-bond donors (Lipinski definition) is 1. The second-order valence-electron chi connectivity index (χ2n) is 6.75. The number of benzene rings is 3. The number of nitrogens with one attached hydrogen (secondary N) is 1. The summed E-state index contributed by atoms with van der Waals surface area (Å²) in [6, 6.07) is 18.3. The quantitative estimate of drug-likeness (QED) is 0.433. The first kappa shape index (κ1) is 24.6. The molecular weight excluding hydrogens is 487 g/mol. The molecule has 0 bridgehead atoms. The molecule has 0 saturated heterocycles. The van der Waals surface area contributed by atoms with E-state index < -0.39 is 28.4 Å². The average molecular weight is 507 g/mol. The summed E-state index contributed by atoms with van der Waals surface area (Å²) in [6.07, 6.45) is 0. The molecule has 0 saturated carbocycles. The van der Waals surface area contributed by atoms with Crippen molar-refractivity contribution in [3.63, 3.8) is 0 Å². The van der Waals surface area contributed by atoms with Gasteiger partial charge in [0.2, 0.25) is 5.91 Å². The van der Waals surface area contributed by atoms with Crippen LogP contribution in [0.2, 0.25) is 10.0 Å². The number of amides is 1. The molecule has 0 unspecified atom stereocenters. The van der Waals surface area contributed by atoms with Crippen LogP contribution in [0.3, 0.4) is 0 Å². The maximum absolute atomic E-state index is 13.4. The van der Waals surface area contributed by atoms with Crippen molar-refractivity contribution in [2.75, 3.05) is 22.8 Å². The highest BCUT2D eigenvalue weighted by molar-refractivity contribution is 7.92. The predicted octanol–water partition coefficient (Wildman–Crippen LogP) is 5.00. The minimum atomic E-state index is -4.15. The van der Waals surface area contributed by atoms with E-state index in [1.165, 1.54) is 36.4 Å². The molecule has 3 rings (SSSR count). The highest BCUT2D eigenvalue weighted by atomic mass is 35.5. The third kappa shape index (κ3) is 5.84. The summed E-state index contributed by atoms with van der Waals surface area (Å²) >= 11 is 12.4. The number of anilines is 2. The number of halogens is 2. The van der Waals surface area contributed by atoms with Gasteiger partial charge in [0.05, 0.1) is 32.8 Å². The molecule has 33 heavy (non-hydrogen) atoms. The van der Waals surface area contributed by atoms with Crippen molar-refractivity contribution < 1.29 is 22.7 Å². The van der Waals surface area contributed by atoms with Gasteiger partial charge in [-0.1, -0.05) is 53.5 Å². The molecule has 0 heterocycles. The second-order valence-corrected chi connectivity index (χ2v) is 9.39. The number of rotatable bonds is 8. The van der Waals surface area contributed by atoms with Gasteiger partial charge < -0.3 is 10.1 Å². The van der Waals surface area contributed by atoms with Crippen LogP contribution in [0, 0.1) is 0 Å². The van der Waals surface area contributed by atoms with E-state index in [2.05, 4.69) is 5.32 Å². The standard InChI is InChI=1S/C23H20Cl2N2O5S/c1-2-32-23(29)16-8-6-9-17(14-16)26-21(28)15-27(20-13-7-12-19(24)22(20)25)33(30,31)18-10-4-3-5-11-18/h3-14H,2,15H2,1H3,(H,26,28). The summed E-state index contributed by atoms with van der Waals surface area (Å²) in [5.41, 5.74) is 0.615. The molecule has 0 aliphatic carbocycles. The third-order valence-corrected chi connectivity index (χ3v) is 7.06. The first-order valence-corrected chi connectivity index (χ1v) is 12.0. The van der Waals surface area contributed by atoms with Crippen LogP contribution in [0.5, 0.6) is 0 Å². The van der Waals surface area contributed by atoms with Gasteiger partial charge in [-0.05, 0) is 49.4 Å². The summed E-state index contributed by atoms with van der Waals surface area (Å²) in [4.78, 5) is 24.8. The Morgan fingerprint density at radius 2 is 1.67 bits per heavy atom. The lowest BCUT2D eigenvalue weighted by Gasteiger charge is -2.25. The zero-order valence-electron chi connectivity index (χ0n) is 17.5. The lowest BCUT2D eigenvalue weighted by atomic mass is 10.2. The lowest BCUT2D eigenvalue weighted by Crippen LogP contribution is -2.38. The zero-order valence-corrected chi connectivity index (χ0v) is 19.8. The van der Waals surface area contributed by atoms with Gasteiger partial charge in [-0.3, -0.25) is 9.10 Å². The Hall–Kier alpha value is -3.07. The summed E-state index contributed by atoms with van der Waals surface area (Å²) < 4.78 is 32.6. The number of nitrogens with zero attached hydrogens (tertiary/aromatic N) is 1. The highest BCUT2D eigenvalue weighted by Gasteiger charge is 2.29. The molecule has 0 aliphatic rings. The van der Waals surface area contributed by atoms with Crippen molar-refractivity contribution in [1.29, 1.82) is 0 Å². The van der Waals surface area contributed by atoms with Gasteiger partial charge in [0.15, 0.2) is 0 Å². The molecule has 172 valence electrons. The van der Waals surface area contributed by atoms with Crippen LogP contribution in [-0.2, 0) is 19.6 Å². The van der Waals surface area contributed by atoms with Crippen molar-refractivity contribution >= 4 is 56.5 Å². The zero-order chi connectivity index (χ0) is 24.0. The van der Waals surface area contributed by atoms with E-state index in [1.807, 2.05) is 0 Å².